The third kappa shape index (κ3) is 3.78. The van der Waals surface area contributed by atoms with Crippen LogP contribution < -0.4 is 4.90 Å². The molecule has 0 aliphatic heterocycles. The van der Waals surface area contributed by atoms with Gasteiger partial charge in [-0.05, 0) is 53.1 Å². The Morgan fingerprint density at radius 1 is 0.630 bits per heavy atom. The summed E-state index contributed by atoms with van der Waals surface area (Å²) in [6, 6.07) is 34.2. The molecule has 27 heavy (non-hydrogen) atoms. The van der Waals surface area contributed by atoms with Crippen LogP contribution in [0.3, 0.4) is 0 Å². The smallest absolute Gasteiger partial charge is 0.0411 e. The topological polar surface area (TPSA) is 3.24 Å². The van der Waals surface area contributed by atoms with Crippen LogP contribution in [0.5, 0.6) is 0 Å². The highest BCUT2D eigenvalue weighted by Crippen LogP contribution is 2.26. The summed E-state index contributed by atoms with van der Waals surface area (Å²) in [6.07, 6.45) is 4.39. The largest absolute Gasteiger partial charge is 0.342 e. The van der Waals surface area contributed by atoms with E-state index in [1.54, 1.807) is 0 Å². The van der Waals surface area contributed by atoms with Crippen LogP contribution >= 0.6 is 0 Å². The van der Waals surface area contributed by atoms with Gasteiger partial charge in [0.1, 0.15) is 0 Å². The molecule has 0 N–H and O–H groups in total. The Bertz CT molecular complexity index is 1040. The zero-order valence-electron chi connectivity index (χ0n) is 15.5. The minimum atomic E-state index is 0.940. The van der Waals surface area contributed by atoms with Crippen molar-refractivity contribution in [3.8, 4) is 0 Å². The number of nitrogens with zero attached hydrogens (tertiary/aromatic N) is 1. The highest BCUT2D eigenvalue weighted by atomic mass is 15.1. The van der Waals surface area contributed by atoms with E-state index in [-0.39, 0.29) is 0 Å². The maximum absolute atomic E-state index is 2.32. The first-order valence-electron chi connectivity index (χ1n) is 9.43. The highest BCUT2D eigenvalue weighted by Gasteiger charge is 2.06. The first kappa shape index (κ1) is 17.1. The average molecular weight is 349 g/mol. The van der Waals surface area contributed by atoms with Crippen LogP contribution in [0.25, 0.3) is 22.9 Å². The number of benzene rings is 4. The van der Waals surface area contributed by atoms with Gasteiger partial charge in [0.15, 0.2) is 0 Å². The van der Waals surface area contributed by atoms with Gasteiger partial charge in [-0.15, -0.1) is 0 Å². The molecule has 4 aromatic rings. The first-order chi connectivity index (χ1) is 13.3. The first-order valence-corrected chi connectivity index (χ1v) is 9.43. The Balaban J connectivity index is 1.58. The summed E-state index contributed by atoms with van der Waals surface area (Å²) in [6.45, 7) is 3.12. The van der Waals surface area contributed by atoms with Gasteiger partial charge in [0.05, 0.1) is 0 Å². The fraction of sp³-hybridized carbons (Fsp3) is 0.0769. The van der Waals surface area contributed by atoms with E-state index in [1.807, 2.05) is 0 Å². The fourth-order valence-corrected chi connectivity index (χ4v) is 3.47. The van der Waals surface area contributed by atoms with Gasteiger partial charge in [0.2, 0.25) is 0 Å². The Morgan fingerprint density at radius 3 is 2.07 bits per heavy atom. The summed E-state index contributed by atoms with van der Waals surface area (Å²) in [5.74, 6) is 0. The summed E-state index contributed by atoms with van der Waals surface area (Å²) in [5.41, 5.74) is 4.89. The van der Waals surface area contributed by atoms with Crippen molar-refractivity contribution in [2.24, 2.45) is 0 Å². The Kier molecular flexibility index (Phi) is 5.02. The molecule has 0 spiro atoms. The Hall–Kier alpha value is -3.32. The summed E-state index contributed by atoms with van der Waals surface area (Å²) in [7, 11) is 0. The van der Waals surface area contributed by atoms with Crippen LogP contribution in [0.4, 0.5) is 11.4 Å². The second kappa shape index (κ2) is 7.92. The molecule has 0 aromatic heterocycles. The van der Waals surface area contributed by atoms with Crippen molar-refractivity contribution in [3.63, 3.8) is 0 Å². The van der Waals surface area contributed by atoms with E-state index in [9.17, 15) is 0 Å². The number of para-hydroxylation sites is 1. The van der Waals surface area contributed by atoms with Crippen molar-refractivity contribution in [1.29, 1.82) is 0 Å². The summed E-state index contributed by atoms with van der Waals surface area (Å²) >= 11 is 0. The fourth-order valence-electron chi connectivity index (χ4n) is 3.47. The molecular weight excluding hydrogens is 326 g/mol. The quantitative estimate of drug-likeness (QED) is 0.345. The van der Waals surface area contributed by atoms with E-state index >= 15 is 0 Å². The lowest BCUT2D eigenvalue weighted by molar-refractivity contribution is 1.02. The minimum Gasteiger partial charge on any atom is -0.342 e. The Morgan fingerprint density at radius 2 is 1.30 bits per heavy atom. The maximum Gasteiger partial charge on any atom is 0.0411 e. The molecule has 4 rings (SSSR count). The predicted molar refractivity (Wildman–Crippen MR) is 118 cm³/mol. The molecule has 0 bridgehead atoms. The zero-order valence-corrected chi connectivity index (χ0v) is 15.5. The van der Waals surface area contributed by atoms with Gasteiger partial charge in [0.25, 0.3) is 0 Å². The normalized spacial score (nSPS) is 11.1. The van der Waals surface area contributed by atoms with E-state index in [4.69, 9.17) is 0 Å². The van der Waals surface area contributed by atoms with Gasteiger partial charge >= 0.3 is 0 Å². The van der Waals surface area contributed by atoms with Crippen LogP contribution in [0.15, 0.2) is 97.1 Å². The van der Waals surface area contributed by atoms with E-state index in [2.05, 4.69) is 121 Å². The van der Waals surface area contributed by atoms with E-state index in [1.165, 1.54) is 33.3 Å². The molecule has 132 valence electrons. The van der Waals surface area contributed by atoms with Crippen molar-refractivity contribution >= 4 is 34.3 Å². The van der Waals surface area contributed by atoms with E-state index in [0.29, 0.717) is 0 Å². The molecular formula is C26H23N. The van der Waals surface area contributed by atoms with Gasteiger partial charge < -0.3 is 4.90 Å². The number of hydrogen-bond acceptors (Lipinski definition) is 1. The molecule has 1 nitrogen and oxygen atoms in total. The number of anilines is 2. The highest BCUT2D eigenvalue weighted by molar-refractivity contribution is 5.92. The standard InChI is InChI=1S/C26H23N/c1-2-27(24-12-4-3-5-13-24)25-19-16-21(17-20-25)15-18-23-11-8-10-22-9-6-7-14-26(22)23/h3-20H,2H2,1H3. The van der Waals surface area contributed by atoms with Gasteiger partial charge in [-0.2, -0.15) is 0 Å². The van der Waals surface area contributed by atoms with Crippen LogP contribution in [-0.4, -0.2) is 6.54 Å². The molecule has 0 amide bonds. The van der Waals surface area contributed by atoms with Crippen LogP contribution in [-0.2, 0) is 0 Å². The minimum absolute atomic E-state index is 0.940. The molecule has 4 aromatic carbocycles. The molecule has 0 radical (unpaired) electrons. The SMILES string of the molecule is CCN(c1ccccc1)c1ccc(C=Cc2cccc3ccccc23)cc1. The molecule has 0 aliphatic carbocycles. The van der Waals surface area contributed by atoms with Crippen molar-refractivity contribution in [2.75, 3.05) is 11.4 Å². The van der Waals surface area contributed by atoms with Gasteiger partial charge in [0, 0.05) is 17.9 Å². The zero-order chi connectivity index (χ0) is 18.5. The molecule has 0 aliphatic rings. The summed E-state index contributed by atoms with van der Waals surface area (Å²) in [5, 5.41) is 2.56. The lowest BCUT2D eigenvalue weighted by Crippen LogP contribution is -2.15. The van der Waals surface area contributed by atoms with Crippen LogP contribution in [0.1, 0.15) is 18.1 Å². The summed E-state index contributed by atoms with van der Waals surface area (Å²) in [4.78, 5) is 2.32. The monoisotopic (exact) mass is 349 g/mol. The number of rotatable bonds is 5. The van der Waals surface area contributed by atoms with Crippen molar-refractivity contribution in [1.82, 2.24) is 0 Å². The lowest BCUT2D eigenvalue weighted by atomic mass is 10.0. The van der Waals surface area contributed by atoms with Gasteiger partial charge in [-0.25, -0.2) is 0 Å². The maximum atomic E-state index is 2.32. The van der Waals surface area contributed by atoms with Crippen molar-refractivity contribution < 1.29 is 0 Å². The molecule has 0 heterocycles. The molecule has 0 fully saturated rings. The third-order valence-electron chi connectivity index (χ3n) is 4.87. The number of hydrogen-bond donors (Lipinski definition) is 0. The second-order valence-electron chi connectivity index (χ2n) is 6.57. The van der Waals surface area contributed by atoms with Crippen molar-refractivity contribution in [2.45, 2.75) is 6.92 Å². The van der Waals surface area contributed by atoms with E-state index in [0.717, 1.165) is 6.54 Å². The van der Waals surface area contributed by atoms with Crippen molar-refractivity contribution in [3.05, 3.63) is 108 Å². The lowest BCUT2D eigenvalue weighted by Gasteiger charge is -2.23. The van der Waals surface area contributed by atoms with E-state index < -0.39 is 0 Å². The van der Waals surface area contributed by atoms with Gasteiger partial charge in [-0.3, -0.25) is 0 Å². The Labute approximate surface area is 161 Å². The molecule has 0 atom stereocenters. The molecule has 0 saturated heterocycles. The van der Waals surface area contributed by atoms with Crippen LogP contribution in [0, 0.1) is 0 Å². The second-order valence-corrected chi connectivity index (χ2v) is 6.57. The molecule has 0 saturated carbocycles. The molecule has 0 unspecified atom stereocenters. The summed E-state index contributed by atoms with van der Waals surface area (Å²) < 4.78 is 0. The molecule has 1 heteroatoms. The average Bonchev–Trinajstić information content (AvgIpc) is 2.74. The predicted octanol–water partition coefficient (Wildman–Crippen LogP) is 7.17. The van der Waals surface area contributed by atoms with Gasteiger partial charge in [-0.1, -0.05) is 84.9 Å². The number of fused-ring (bicyclic) bond motifs is 1. The third-order valence-corrected chi connectivity index (χ3v) is 4.87. The van der Waals surface area contributed by atoms with Crippen LogP contribution in [0.2, 0.25) is 0 Å².